The molecule has 0 bridgehead atoms. The first-order valence-electron chi connectivity index (χ1n) is 7.08. The molecular weight excluding hydrogens is 240 g/mol. The van der Waals surface area contributed by atoms with Crippen molar-refractivity contribution < 1.29 is 9.53 Å². The van der Waals surface area contributed by atoms with Crippen LogP contribution < -0.4 is 15.4 Å². The summed E-state index contributed by atoms with van der Waals surface area (Å²) in [6.07, 6.45) is 3.81. The topological polar surface area (TPSA) is 50.4 Å². The van der Waals surface area contributed by atoms with E-state index in [1.54, 1.807) is 0 Å². The molecule has 0 radical (unpaired) electrons. The SMILES string of the molecule is O=C(NCC[C@H]1CCCN1)C1Cc2ccccc2O1. The summed E-state index contributed by atoms with van der Waals surface area (Å²) in [5, 5.41) is 6.41. The van der Waals surface area contributed by atoms with Crippen molar-refractivity contribution in [3.63, 3.8) is 0 Å². The second-order valence-corrected chi connectivity index (χ2v) is 5.29. The molecule has 3 rings (SSSR count). The molecule has 0 aromatic heterocycles. The van der Waals surface area contributed by atoms with Gasteiger partial charge in [0.15, 0.2) is 6.10 Å². The Bertz CT molecular complexity index is 430. The van der Waals surface area contributed by atoms with E-state index in [4.69, 9.17) is 4.74 Å². The number of carbonyl (C=O) groups is 1. The zero-order valence-electron chi connectivity index (χ0n) is 11.0. The zero-order valence-corrected chi connectivity index (χ0v) is 11.0. The molecule has 4 nitrogen and oxygen atoms in total. The van der Waals surface area contributed by atoms with Crippen molar-refractivity contribution in [2.24, 2.45) is 0 Å². The summed E-state index contributed by atoms with van der Waals surface area (Å²) >= 11 is 0. The van der Waals surface area contributed by atoms with E-state index in [9.17, 15) is 4.79 Å². The summed E-state index contributed by atoms with van der Waals surface area (Å²) in [7, 11) is 0. The van der Waals surface area contributed by atoms with Crippen LogP contribution in [0.25, 0.3) is 0 Å². The molecule has 1 aromatic rings. The zero-order chi connectivity index (χ0) is 13.1. The first-order chi connectivity index (χ1) is 9.33. The number of carbonyl (C=O) groups excluding carboxylic acids is 1. The maximum absolute atomic E-state index is 12.0. The summed E-state index contributed by atoms with van der Waals surface area (Å²) in [6, 6.07) is 8.43. The van der Waals surface area contributed by atoms with Crippen LogP contribution in [0.3, 0.4) is 0 Å². The maximum Gasteiger partial charge on any atom is 0.261 e. The van der Waals surface area contributed by atoms with Gasteiger partial charge in [-0.15, -0.1) is 0 Å². The molecule has 2 heterocycles. The molecule has 1 aromatic carbocycles. The van der Waals surface area contributed by atoms with Crippen molar-refractivity contribution in [3.8, 4) is 5.75 Å². The van der Waals surface area contributed by atoms with Gasteiger partial charge in [-0.1, -0.05) is 18.2 Å². The van der Waals surface area contributed by atoms with E-state index in [-0.39, 0.29) is 12.0 Å². The summed E-state index contributed by atoms with van der Waals surface area (Å²) in [5.41, 5.74) is 1.13. The molecule has 4 heteroatoms. The van der Waals surface area contributed by atoms with E-state index < -0.39 is 0 Å². The third-order valence-electron chi connectivity index (χ3n) is 3.89. The third-order valence-corrected chi connectivity index (χ3v) is 3.89. The Balaban J connectivity index is 1.44. The molecule has 1 amide bonds. The van der Waals surface area contributed by atoms with E-state index in [0.29, 0.717) is 12.5 Å². The fourth-order valence-electron chi connectivity index (χ4n) is 2.81. The van der Waals surface area contributed by atoms with Crippen molar-refractivity contribution in [1.82, 2.24) is 10.6 Å². The van der Waals surface area contributed by atoms with E-state index in [2.05, 4.69) is 10.6 Å². The Morgan fingerprint density at radius 1 is 1.42 bits per heavy atom. The number of hydrogen-bond acceptors (Lipinski definition) is 3. The Kier molecular flexibility index (Phi) is 3.69. The van der Waals surface area contributed by atoms with Gasteiger partial charge < -0.3 is 15.4 Å². The normalized spacial score (nSPS) is 24.8. The van der Waals surface area contributed by atoms with Gasteiger partial charge in [-0.25, -0.2) is 0 Å². The second kappa shape index (κ2) is 5.61. The number of benzene rings is 1. The lowest BCUT2D eigenvalue weighted by atomic mass is 10.1. The second-order valence-electron chi connectivity index (χ2n) is 5.29. The number of fused-ring (bicyclic) bond motifs is 1. The van der Waals surface area contributed by atoms with Crippen LogP contribution in [0.1, 0.15) is 24.8 Å². The third kappa shape index (κ3) is 2.89. The number of rotatable bonds is 4. The highest BCUT2D eigenvalue weighted by Gasteiger charge is 2.28. The predicted molar refractivity (Wildman–Crippen MR) is 73.2 cm³/mol. The fourth-order valence-corrected chi connectivity index (χ4v) is 2.81. The average Bonchev–Trinajstić information content (AvgIpc) is 3.07. The van der Waals surface area contributed by atoms with Crippen LogP contribution in [-0.2, 0) is 11.2 Å². The van der Waals surface area contributed by atoms with E-state index in [1.807, 2.05) is 24.3 Å². The Morgan fingerprint density at radius 3 is 3.11 bits per heavy atom. The number of hydrogen-bond donors (Lipinski definition) is 2. The van der Waals surface area contributed by atoms with Crippen LogP contribution in [0.15, 0.2) is 24.3 Å². The van der Waals surface area contributed by atoms with Crippen LogP contribution in [0.5, 0.6) is 5.75 Å². The molecule has 1 saturated heterocycles. The Morgan fingerprint density at radius 2 is 2.32 bits per heavy atom. The van der Waals surface area contributed by atoms with Crippen LogP contribution in [0, 0.1) is 0 Å². The predicted octanol–water partition coefficient (Wildman–Crippen LogP) is 1.25. The van der Waals surface area contributed by atoms with Crippen molar-refractivity contribution in [3.05, 3.63) is 29.8 Å². The first-order valence-corrected chi connectivity index (χ1v) is 7.08. The average molecular weight is 260 g/mol. The van der Waals surface area contributed by atoms with Crippen LogP contribution >= 0.6 is 0 Å². The van der Waals surface area contributed by atoms with Crippen molar-refractivity contribution in [2.45, 2.75) is 37.8 Å². The molecule has 2 aliphatic rings. The first kappa shape index (κ1) is 12.5. The van der Waals surface area contributed by atoms with Crippen molar-refractivity contribution >= 4 is 5.91 Å². The lowest BCUT2D eigenvalue weighted by molar-refractivity contribution is -0.127. The maximum atomic E-state index is 12.0. The van der Waals surface area contributed by atoms with E-state index in [1.165, 1.54) is 12.8 Å². The molecule has 1 unspecified atom stereocenters. The highest BCUT2D eigenvalue weighted by atomic mass is 16.5. The molecule has 1 fully saturated rings. The van der Waals surface area contributed by atoms with Gasteiger partial charge in [0, 0.05) is 19.0 Å². The molecule has 19 heavy (non-hydrogen) atoms. The molecule has 0 aliphatic carbocycles. The fraction of sp³-hybridized carbons (Fsp3) is 0.533. The molecule has 2 aliphatic heterocycles. The highest BCUT2D eigenvalue weighted by Crippen LogP contribution is 2.28. The van der Waals surface area contributed by atoms with Gasteiger partial charge in [-0.2, -0.15) is 0 Å². The van der Waals surface area contributed by atoms with Gasteiger partial charge in [0.1, 0.15) is 5.75 Å². The largest absolute Gasteiger partial charge is 0.480 e. The molecule has 0 saturated carbocycles. The minimum Gasteiger partial charge on any atom is -0.480 e. The van der Waals surface area contributed by atoms with Gasteiger partial charge in [-0.05, 0) is 37.4 Å². The number of para-hydroxylation sites is 1. The molecule has 2 N–H and O–H groups in total. The summed E-state index contributed by atoms with van der Waals surface area (Å²) < 4.78 is 5.66. The summed E-state index contributed by atoms with van der Waals surface area (Å²) in [4.78, 5) is 12.0. The lowest BCUT2D eigenvalue weighted by Crippen LogP contribution is -2.39. The molecular formula is C15H20N2O2. The van der Waals surface area contributed by atoms with Crippen LogP contribution in [0.4, 0.5) is 0 Å². The summed E-state index contributed by atoms with van der Waals surface area (Å²) in [5.74, 6) is 0.856. The quantitative estimate of drug-likeness (QED) is 0.856. The Labute approximate surface area is 113 Å². The minimum absolute atomic E-state index is 0.00852. The number of amides is 1. The highest BCUT2D eigenvalue weighted by molar-refractivity contribution is 5.82. The molecule has 102 valence electrons. The Hall–Kier alpha value is -1.55. The van der Waals surface area contributed by atoms with Gasteiger partial charge in [0.25, 0.3) is 5.91 Å². The lowest BCUT2D eigenvalue weighted by Gasteiger charge is -2.13. The number of nitrogens with one attached hydrogen (secondary N) is 2. The van der Waals surface area contributed by atoms with Crippen molar-refractivity contribution in [1.29, 1.82) is 0 Å². The molecule has 0 spiro atoms. The van der Waals surface area contributed by atoms with Crippen molar-refractivity contribution in [2.75, 3.05) is 13.1 Å². The number of ether oxygens (including phenoxy) is 1. The van der Waals surface area contributed by atoms with Gasteiger partial charge in [0.2, 0.25) is 0 Å². The van der Waals surface area contributed by atoms with Gasteiger partial charge in [-0.3, -0.25) is 4.79 Å². The standard InChI is InChI=1S/C15H20N2O2/c18-15(17-9-7-12-5-3-8-16-12)14-10-11-4-1-2-6-13(11)19-14/h1-2,4,6,12,14,16H,3,5,7-10H2,(H,17,18)/t12-,14?/m1/s1. The van der Waals surface area contributed by atoms with E-state index >= 15 is 0 Å². The molecule has 2 atom stereocenters. The van der Waals surface area contributed by atoms with Crippen LogP contribution in [-0.4, -0.2) is 31.1 Å². The van der Waals surface area contributed by atoms with Crippen LogP contribution in [0.2, 0.25) is 0 Å². The minimum atomic E-state index is -0.353. The van der Waals surface area contributed by atoms with Gasteiger partial charge >= 0.3 is 0 Å². The monoisotopic (exact) mass is 260 g/mol. The smallest absolute Gasteiger partial charge is 0.261 e. The van der Waals surface area contributed by atoms with Gasteiger partial charge in [0.05, 0.1) is 0 Å². The van der Waals surface area contributed by atoms with E-state index in [0.717, 1.165) is 30.8 Å². The summed E-state index contributed by atoms with van der Waals surface area (Å²) in [6.45, 7) is 1.84.